The first kappa shape index (κ1) is 22.6. The van der Waals surface area contributed by atoms with Gasteiger partial charge in [-0.2, -0.15) is 9.97 Å². The summed E-state index contributed by atoms with van der Waals surface area (Å²) in [5, 5.41) is 10.2. The summed E-state index contributed by atoms with van der Waals surface area (Å²) in [6.45, 7) is 4.15. The number of carbonyl (C=O) groups excluding carboxylic acids is 1. The van der Waals surface area contributed by atoms with Gasteiger partial charge in [-0.15, -0.1) is 0 Å². The number of primary amides is 1. The zero-order valence-corrected chi connectivity index (χ0v) is 18.9. The van der Waals surface area contributed by atoms with Crippen LogP contribution in [0.3, 0.4) is 0 Å². The number of aromatic nitrogens is 5. The number of hydrogen-bond acceptors (Lipinski definition) is 10. The Hall–Kier alpha value is -4.54. The summed E-state index contributed by atoms with van der Waals surface area (Å²) < 4.78 is 11.0. The van der Waals surface area contributed by atoms with Gasteiger partial charge >= 0.3 is 0 Å². The highest BCUT2D eigenvalue weighted by Gasteiger charge is 2.19. The van der Waals surface area contributed by atoms with Gasteiger partial charge in [-0.05, 0) is 30.2 Å². The van der Waals surface area contributed by atoms with Crippen LogP contribution in [0.4, 0.5) is 23.3 Å². The second-order valence-corrected chi connectivity index (χ2v) is 7.78. The monoisotopic (exact) mass is 460 g/mol. The first-order valence-electron chi connectivity index (χ1n) is 10.6. The molecule has 0 saturated heterocycles. The Morgan fingerprint density at radius 1 is 1.12 bits per heavy atom. The Morgan fingerprint density at radius 2 is 1.97 bits per heavy atom. The number of pyridine rings is 1. The number of anilines is 4. The maximum Gasteiger partial charge on any atom is 0.254 e. The molecule has 0 fully saturated rings. The summed E-state index contributed by atoms with van der Waals surface area (Å²) in [4.78, 5) is 29.3. The van der Waals surface area contributed by atoms with Crippen LogP contribution in [-0.4, -0.2) is 38.1 Å². The average Bonchev–Trinajstić information content (AvgIpc) is 3.27. The van der Waals surface area contributed by atoms with Crippen LogP contribution in [-0.2, 0) is 6.42 Å². The van der Waals surface area contributed by atoms with Crippen LogP contribution in [0.2, 0.25) is 0 Å². The number of benzene rings is 1. The van der Waals surface area contributed by atoms with Crippen molar-refractivity contribution >= 4 is 29.2 Å². The minimum Gasteiger partial charge on any atom is -0.494 e. The van der Waals surface area contributed by atoms with E-state index < -0.39 is 5.91 Å². The van der Waals surface area contributed by atoms with Gasteiger partial charge in [-0.1, -0.05) is 31.1 Å². The van der Waals surface area contributed by atoms with Gasteiger partial charge in [0, 0.05) is 18.8 Å². The van der Waals surface area contributed by atoms with Crippen LogP contribution in [0.25, 0.3) is 11.4 Å². The van der Waals surface area contributed by atoms with Gasteiger partial charge in [0.2, 0.25) is 17.7 Å². The van der Waals surface area contributed by atoms with Crippen molar-refractivity contribution in [2.45, 2.75) is 20.3 Å². The van der Waals surface area contributed by atoms with E-state index >= 15 is 0 Å². The lowest BCUT2D eigenvalue weighted by molar-refractivity contribution is 0.100. The molecule has 4 N–H and O–H groups in total. The Morgan fingerprint density at radius 3 is 2.68 bits per heavy atom. The predicted molar refractivity (Wildman–Crippen MR) is 126 cm³/mol. The van der Waals surface area contributed by atoms with Gasteiger partial charge in [0.05, 0.1) is 18.4 Å². The van der Waals surface area contributed by atoms with Gasteiger partial charge in [-0.3, -0.25) is 4.79 Å². The topological polar surface area (TPSA) is 154 Å². The summed E-state index contributed by atoms with van der Waals surface area (Å²) in [6.07, 6.45) is 3.65. The summed E-state index contributed by atoms with van der Waals surface area (Å²) in [5.41, 5.74) is 6.80. The zero-order chi connectivity index (χ0) is 24.1. The van der Waals surface area contributed by atoms with E-state index in [0.717, 1.165) is 0 Å². The second-order valence-electron chi connectivity index (χ2n) is 7.78. The lowest BCUT2D eigenvalue weighted by atomic mass is 10.1. The third kappa shape index (κ3) is 5.09. The van der Waals surface area contributed by atoms with Gasteiger partial charge < -0.3 is 25.6 Å². The Balaban J connectivity index is 1.69. The maximum atomic E-state index is 12.0. The van der Waals surface area contributed by atoms with Gasteiger partial charge in [0.15, 0.2) is 5.75 Å². The van der Waals surface area contributed by atoms with Crippen molar-refractivity contribution < 1.29 is 14.1 Å². The van der Waals surface area contributed by atoms with E-state index in [1.807, 2.05) is 12.1 Å². The Bertz CT molecular complexity index is 1290. The molecule has 3 heterocycles. The molecular formula is C23H24N8O3. The first-order chi connectivity index (χ1) is 16.4. The number of rotatable bonds is 9. The van der Waals surface area contributed by atoms with Crippen LogP contribution >= 0.6 is 0 Å². The molecule has 0 unspecified atom stereocenters. The maximum absolute atomic E-state index is 12.0. The summed E-state index contributed by atoms with van der Waals surface area (Å²) >= 11 is 0. The average molecular weight is 460 g/mol. The number of nitrogens with one attached hydrogen (secondary N) is 2. The van der Waals surface area contributed by atoms with Crippen molar-refractivity contribution in [2.75, 3.05) is 17.7 Å². The standard InChI is InChI=1S/C23H24N8O3/c1-13(2)11-18-29-22(31-34-18)14-7-6-8-16(19(14)33-3)27-21-15(20(24)32)12-26-23(30-21)28-17-9-4-5-10-25-17/h4-10,12-13H,11H2,1-3H3,(H2,24,32)(H2,25,26,27,28,30). The molecule has 3 aromatic heterocycles. The molecule has 0 aliphatic heterocycles. The molecule has 11 nitrogen and oxygen atoms in total. The highest BCUT2D eigenvalue weighted by Crippen LogP contribution is 2.37. The molecule has 4 aromatic rings. The van der Waals surface area contributed by atoms with Gasteiger partial charge in [-0.25, -0.2) is 9.97 Å². The number of amides is 1. The van der Waals surface area contributed by atoms with E-state index in [4.69, 9.17) is 15.0 Å². The molecule has 0 radical (unpaired) electrons. The molecule has 0 bridgehead atoms. The fraction of sp³-hybridized carbons (Fsp3) is 0.217. The third-order valence-electron chi connectivity index (χ3n) is 4.72. The number of carbonyl (C=O) groups is 1. The molecule has 0 atom stereocenters. The van der Waals surface area contributed by atoms with E-state index in [9.17, 15) is 4.79 Å². The van der Waals surface area contributed by atoms with Crippen molar-refractivity contribution in [1.82, 2.24) is 25.1 Å². The molecule has 0 spiro atoms. The fourth-order valence-electron chi connectivity index (χ4n) is 3.22. The molecule has 34 heavy (non-hydrogen) atoms. The Kier molecular flexibility index (Phi) is 6.62. The minimum absolute atomic E-state index is 0.109. The highest BCUT2D eigenvalue weighted by atomic mass is 16.5. The van der Waals surface area contributed by atoms with Crippen molar-refractivity contribution in [3.8, 4) is 17.1 Å². The van der Waals surface area contributed by atoms with Crippen LogP contribution < -0.4 is 21.1 Å². The molecule has 174 valence electrons. The number of nitrogens with zero attached hydrogens (tertiary/aromatic N) is 5. The minimum atomic E-state index is -0.682. The molecule has 1 aromatic carbocycles. The second kappa shape index (κ2) is 9.94. The summed E-state index contributed by atoms with van der Waals surface area (Å²) in [6, 6.07) is 10.8. The lowest BCUT2D eigenvalue weighted by Gasteiger charge is -2.15. The van der Waals surface area contributed by atoms with E-state index in [1.54, 1.807) is 30.5 Å². The largest absolute Gasteiger partial charge is 0.494 e. The highest BCUT2D eigenvalue weighted by molar-refractivity contribution is 5.98. The lowest BCUT2D eigenvalue weighted by Crippen LogP contribution is -2.16. The predicted octanol–water partition coefficient (Wildman–Crippen LogP) is 3.71. The van der Waals surface area contributed by atoms with Crippen LogP contribution in [0.5, 0.6) is 5.75 Å². The third-order valence-corrected chi connectivity index (χ3v) is 4.72. The number of ether oxygens (including phenoxy) is 1. The van der Waals surface area contributed by atoms with Gasteiger partial charge in [0.25, 0.3) is 5.91 Å². The molecule has 4 rings (SSSR count). The fourth-order valence-corrected chi connectivity index (χ4v) is 3.22. The van der Waals surface area contributed by atoms with Crippen LogP contribution in [0.1, 0.15) is 30.1 Å². The number of para-hydroxylation sites is 1. The molecular weight excluding hydrogens is 436 g/mol. The summed E-state index contributed by atoms with van der Waals surface area (Å²) in [5.74, 6) is 2.07. The van der Waals surface area contributed by atoms with E-state index in [-0.39, 0.29) is 17.3 Å². The normalized spacial score (nSPS) is 10.8. The van der Waals surface area contributed by atoms with E-state index in [0.29, 0.717) is 46.9 Å². The van der Waals surface area contributed by atoms with Gasteiger partial charge in [0.1, 0.15) is 17.2 Å². The quantitative estimate of drug-likeness (QED) is 0.337. The number of hydrogen-bond donors (Lipinski definition) is 3. The van der Waals surface area contributed by atoms with Crippen molar-refractivity contribution in [3.63, 3.8) is 0 Å². The molecule has 0 saturated carbocycles. The molecule has 1 amide bonds. The Labute approximate surface area is 195 Å². The SMILES string of the molecule is COc1c(Nc2nc(Nc3ccccn3)ncc2C(N)=O)cccc1-c1noc(CC(C)C)n1. The first-order valence-corrected chi connectivity index (χ1v) is 10.6. The van der Waals surface area contributed by atoms with Crippen molar-refractivity contribution in [1.29, 1.82) is 0 Å². The molecule has 11 heteroatoms. The number of nitrogens with two attached hydrogens (primary N) is 1. The zero-order valence-electron chi connectivity index (χ0n) is 18.9. The van der Waals surface area contributed by atoms with Crippen molar-refractivity contribution in [2.24, 2.45) is 11.7 Å². The van der Waals surface area contributed by atoms with Crippen LogP contribution in [0, 0.1) is 5.92 Å². The smallest absolute Gasteiger partial charge is 0.254 e. The summed E-state index contributed by atoms with van der Waals surface area (Å²) in [7, 11) is 1.53. The van der Waals surface area contributed by atoms with E-state index in [1.165, 1.54) is 13.3 Å². The number of methoxy groups -OCH3 is 1. The molecule has 0 aliphatic carbocycles. The van der Waals surface area contributed by atoms with Crippen molar-refractivity contribution in [3.05, 3.63) is 60.2 Å². The molecule has 0 aliphatic rings. The van der Waals surface area contributed by atoms with E-state index in [2.05, 4.69) is 49.6 Å². The van der Waals surface area contributed by atoms with Crippen LogP contribution in [0.15, 0.2) is 53.3 Å².